The maximum Gasteiger partial charge on any atom is 0.222 e. The predicted molar refractivity (Wildman–Crippen MR) is 98.0 cm³/mol. The number of nitrogens with one attached hydrogen (secondary N) is 1. The van der Waals surface area contributed by atoms with Crippen LogP contribution in [0, 0.1) is 5.92 Å². The van der Waals surface area contributed by atoms with Gasteiger partial charge in [0.2, 0.25) is 5.91 Å². The highest BCUT2D eigenvalue weighted by Crippen LogP contribution is 2.20. The van der Waals surface area contributed by atoms with Crippen molar-refractivity contribution in [3.05, 3.63) is 35.9 Å². The van der Waals surface area contributed by atoms with Crippen molar-refractivity contribution in [2.24, 2.45) is 11.7 Å². The van der Waals surface area contributed by atoms with Crippen molar-refractivity contribution >= 4 is 5.91 Å². The van der Waals surface area contributed by atoms with Gasteiger partial charge in [0.15, 0.2) is 0 Å². The first-order chi connectivity index (χ1) is 12.1. The van der Waals surface area contributed by atoms with Crippen molar-refractivity contribution in [3.63, 3.8) is 0 Å². The first-order valence-electron chi connectivity index (χ1n) is 9.07. The zero-order valence-corrected chi connectivity index (χ0v) is 15.1. The number of carbonyl (C=O) groups is 1. The molecule has 4 N–H and O–H groups in total. The van der Waals surface area contributed by atoms with Crippen LogP contribution in [0.2, 0.25) is 0 Å². The fraction of sp³-hybridized carbons (Fsp3) is 0.632. The average Bonchev–Trinajstić information content (AvgIpc) is 2.66. The van der Waals surface area contributed by atoms with E-state index in [4.69, 9.17) is 10.5 Å². The maximum absolute atomic E-state index is 11.9. The van der Waals surface area contributed by atoms with Gasteiger partial charge in [-0.2, -0.15) is 0 Å². The number of piperidine rings is 1. The van der Waals surface area contributed by atoms with Gasteiger partial charge < -0.3 is 25.8 Å². The summed E-state index contributed by atoms with van der Waals surface area (Å²) in [6, 6.07) is 9.78. The second-order valence-corrected chi connectivity index (χ2v) is 6.77. The summed E-state index contributed by atoms with van der Waals surface area (Å²) in [7, 11) is 1.57. The Balaban J connectivity index is 1.65. The molecule has 1 amide bonds. The van der Waals surface area contributed by atoms with Crippen molar-refractivity contribution in [1.29, 1.82) is 0 Å². The molecule has 6 heteroatoms. The number of methoxy groups -OCH3 is 1. The number of likely N-dealkylation sites (tertiary alicyclic amines) is 1. The van der Waals surface area contributed by atoms with Crippen LogP contribution in [0.4, 0.5) is 0 Å². The van der Waals surface area contributed by atoms with Crippen LogP contribution in [0.1, 0.15) is 30.9 Å². The maximum atomic E-state index is 11.9. The van der Waals surface area contributed by atoms with E-state index in [1.165, 1.54) is 0 Å². The lowest BCUT2D eigenvalue weighted by Crippen LogP contribution is -2.41. The second-order valence-electron chi connectivity index (χ2n) is 6.77. The summed E-state index contributed by atoms with van der Waals surface area (Å²) in [6.45, 7) is 3.62. The van der Waals surface area contributed by atoms with Crippen LogP contribution in [0.15, 0.2) is 30.3 Å². The molecule has 2 unspecified atom stereocenters. The number of nitrogens with zero attached hydrogens (tertiary/aromatic N) is 1. The van der Waals surface area contributed by atoms with Crippen LogP contribution in [0.25, 0.3) is 0 Å². The molecule has 25 heavy (non-hydrogen) atoms. The van der Waals surface area contributed by atoms with Gasteiger partial charge in [0.1, 0.15) is 0 Å². The second kappa shape index (κ2) is 10.5. The fourth-order valence-electron chi connectivity index (χ4n) is 3.20. The molecule has 1 aliphatic heterocycles. The molecule has 1 saturated heterocycles. The van der Waals surface area contributed by atoms with Gasteiger partial charge in [-0.05, 0) is 37.4 Å². The zero-order chi connectivity index (χ0) is 18.1. The van der Waals surface area contributed by atoms with E-state index in [1.807, 2.05) is 30.3 Å². The van der Waals surface area contributed by atoms with Crippen LogP contribution < -0.4 is 11.1 Å². The van der Waals surface area contributed by atoms with Gasteiger partial charge >= 0.3 is 0 Å². The lowest BCUT2D eigenvalue weighted by Gasteiger charge is -2.33. The number of amides is 1. The van der Waals surface area contributed by atoms with E-state index in [0.29, 0.717) is 32.0 Å². The van der Waals surface area contributed by atoms with E-state index in [9.17, 15) is 9.90 Å². The molecule has 6 nitrogen and oxygen atoms in total. The summed E-state index contributed by atoms with van der Waals surface area (Å²) in [4.78, 5) is 14.2. The van der Waals surface area contributed by atoms with Gasteiger partial charge in [0, 0.05) is 26.7 Å². The van der Waals surface area contributed by atoms with Crippen LogP contribution in [-0.2, 0) is 9.53 Å². The van der Waals surface area contributed by atoms with Crippen molar-refractivity contribution in [1.82, 2.24) is 10.2 Å². The van der Waals surface area contributed by atoms with E-state index in [1.54, 1.807) is 7.11 Å². The molecular weight excluding hydrogens is 318 g/mol. The molecule has 0 aliphatic carbocycles. The van der Waals surface area contributed by atoms with Crippen molar-refractivity contribution < 1.29 is 14.6 Å². The number of hydrogen-bond donors (Lipinski definition) is 3. The summed E-state index contributed by atoms with van der Waals surface area (Å²) >= 11 is 0. The summed E-state index contributed by atoms with van der Waals surface area (Å²) < 4.78 is 5.13. The van der Waals surface area contributed by atoms with Crippen LogP contribution in [0.5, 0.6) is 0 Å². The normalized spacial score (nSPS) is 18.7. The third-order valence-corrected chi connectivity index (χ3v) is 4.92. The largest absolute Gasteiger partial charge is 0.387 e. The van der Waals surface area contributed by atoms with Crippen molar-refractivity contribution in [2.75, 3.05) is 39.8 Å². The number of hydrogen-bond acceptors (Lipinski definition) is 5. The Bertz CT molecular complexity index is 500. The number of carbonyl (C=O) groups excluding carboxylic acids is 1. The SMILES string of the molecule is COC(CN)CC(=O)NCC1CCN(CC(O)c2ccccc2)CC1. The predicted octanol–water partition coefficient (Wildman–Crippen LogP) is 0.912. The van der Waals surface area contributed by atoms with E-state index in [-0.39, 0.29) is 12.0 Å². The first kappa shape index (κ1) is 19.8. The third-order valence-electron chi connectivity index (χ3n) is 4.92. The Hall–Kier alpha value is -1.47. The highest BCUT2D eigenvalue weighted by Gasteiger charge is 2.22. The molecule has 0 aromatic heterocycles. The molecule has 0 radical (unpaired) electrons. The summed E-state index contributed by atoms with van der Waals surface area (Å²) in [5, 5.41) is 13.3. The van der Waals surface area contributed by atoms with Crippen LogP contribution >= 0.6 is 0 Å². The minimum absolute atomic E-state index is 0.000714. The first-order valence-corrected chi connectivity index (χ1v) is 9.07. The van der Waals surface area contributed by atoms with E-state index < -0.39 is 6.10 Å². The van der Waals surface area contributed by atoms with Crippen molar-refractivity contribution in [3.8, 4) is 0 Å². The standard InChI is InChI=1S/C19H31N3O3/c1-25-17(12-20)11-19(24)21-13-15-7-9-22(10-8-15)14-18(23)16-5-3-2-4-6-16/h2-6,15,17-18,23H,7-14,20H2,1H3,(H,21,24). The summed E-state index contributed by atoms with van der Waals surface area (Å²) in [6.07, 6.45) is 1.73. The Morgan fingerprint density at radius 2 is 2.04 bits per heavy atom. The smallest absolute Gasteiger partial charge is 0.222 e. The van der Waals surface area contributed by atoms with Gasteiger partial charge in [-0.25, -0.2) is 0 Å². The number of benzene rings is 1. The quantitative estimate of drug-likeness (QED) is 0.617. The van der Waals surface area contributed by atoms with Crippen LogP contribution in [-0.4, -0.2) is 61.9 Å². The number of aliphatic hydroxyl groups is 1. The molecule has 1 aromatic rings. The molecule has 0 saturated carbocycles. The Morgan fingerprint density at radius 1 is 1.36 bits per heavy atom. The fourth-order valence-corrected chi connectivity index (χ4v) is 3.20. The molecule has 140 valence electrons. The Morgan fingerprint density at radius 3 is 2.64 bits per heavy atom. The lowest BCUT2D eigenvalue weighted by atomic mass is 9.96. The van der Waals surface area contributed by atoms with Gasteiger partial charge in [-0.15, -0.1) is 0 Å². The molecule has 0 spiro atoms. The Kier molecular flexibility index (Phi) is 8.34. The third kappa shape index (κ3) is 6.74. The van der Waals surface area contributed by atoms with Crippen LogP contribution in [0.3, 0.4) is 0 Å². The number of β-amino-alcohol motifs (C(OH)–C–C–N with tert-alkyl or cyclic N) is 1. The highest BCUT2D eigenvalue weighted by molar-refractivity contribution is 5.76. The van der Waals surface area contributed by atoms with Gasteiger partial charge in [-0.3, -0.25) is 4.79 Å². The van der Waals surface area contributed by atoms with Crippen molar-refractivity contribution in [2.45, 2.75) is 31.5 Å². The Labute approximate surface area is 150 Å². The molecule has 0 bridgehead atoms. The molecular formula is C19H31N3O3. The number of rotatable bonds is 9. The van der Waals surface area contributed by atoms with Gasteiger partial charge in [0.25, 0.3) is 0 Å². The number of aliphatic hydroxyl groups excluding tert-OH is 1. The molecule has 1 aromatic carbocycles. The molecule has 2 atom stereocenters. The highest BCUT2D eigenvalue weighted by atomic mass is 16.5. The number of nitrogens with two attached hydrogens (primary N) is 1. The zero-order valence-electron chi connectivity index (χ0n) is 15.1. The molecule has 1 aliphatic rings. The molecule has 2 rings (SSSR count). The van der Waals surface area contributed by atoms with Gasteiger partial charge in [0.05, 0.1) is 18.6 Å². The van der Waals surface area contributed by atoms with E-state index >= 15 is 0 Å². The summed E-state index contributed by atoms with van der Waals surface area (Å²) in [5.41, 5.74) is 6.50. The molecule has 1 fully saturated rings. The minimum Gasteiger partial charge on any atom is -0.387 e. The summed E-state index contributed by atoms with van der Waals surface area (Å²) in [5.74, 6) is 0.493. The minimum atomic E-state index is -0.445. The average molecular weight is 349 g/mol. The van der Waals surface area contributed by atoms with Gasteiger partial charge in [-0.1, -0.05) is 30.3 Å². The monoisotopic (exact) mass is 349 g/mol. The molecule has 1 heterocycles. The number of ether oxygens (including phenoxy) is 1. The topological polar surface area (TPSA) is 87.8 Å². The lowest BCUT2D eigenvalue weighted by molar-refractivity contribution is -0.123. The van der Waals surface area contributed by atoms with E-state index in [0.717, 1.165) is 31.5 Å². The van der Waals surface area contributed by atoms with E-state index in [2.05, 4.69) is 10.2 Å².